The third-order valence-corrected chi connectivity index (χ3v) is 6.52. The first-order valence-electron chi connectivity index (χ1n) is 9.40. The first-order valence-corrected chi connectivity index (χ1v) is 11.7. The third-order valence-electron chi connectivity index (χ3n) is 4.51. The lowest BCUT2D eigenvalue weighted by Crippen LogP contribution is -2.28. The minimum atomic E-state index is -3.62. The van der Waals surface area contributed by atoms with E-state index in [9.17, 15) is 13.2 Å². The van der Waals surface area contributed by atoms with Gasteiger partial charge in [0.25, 0.3) is 0 Å². The van der Waals surface area contributed by atoms with Crippen molar-refractivity contribution in [1.82, 2.24) is 4.72 Å². The van der Waals surface area contributed by atoms with Crippen molar-refractivity contribution in [2.24, 2.45) is 0 Å². The van der Waals surface area contributed by atoms with Gasteiger partial charge in [-0.25, -0.2) is 13.1 Å². The second-order valence-corrected chi connectivity index (χ2v) is 9.39. The Morgan fingerprint density at radius 3 is 2.29 bits per heavy atom. The minimum Gasteiger partial charge on any atom is -0.481 e. The number of carbonyl (C=O) groups is 1. The van der Waals surface area contributed by atoms with Gasteiger partial charge < -0.3 is 5.11 Å². The first kappa shape index (κ1) is 22.6. The number of hydrogen-bond donors (Lipinski definition) is 2. The highest BCUT2D eigenvalue weighted by molar-refractivity contribution is 9.10. The van der Waals surface area contributed by atoms with E-state index in [1.54, 1.807) is 24.3 Å². The van der Waals surface area contributed by atoms with Crippen molar-refractivity contribution in [2.45, 2.75) is 56.4 Å². The summed E-state index contributed by atoms with van der Waals surface area (Å²) in [6.07, 6.45) is 4.02. The van der Waals surface area contributed by atoms with Gasteiger partial charge in [0.1, 0.15) is 0 Å². The van der Waals surface area contributed by atoms with Gasteiger partial charge in [0.05, 0.1) is 4.90 Å². The number of sulfonamides is 1. The summed E-state index contributed by atoms with van der Waals surface area (Å²) in [5.74, 6) is -0.793. The van der Waals surface area contributed by atoms with Crippen LogP contribution in [-0.4, -0.2) is 19.5 Å². The van der Waals surface area contributed by atoms with Crippen LogP contribution in [0.5, 0.6) is 0 Å². The molecular weight excluding hydrogens is 442 g/mol. The van der Waals surface area contributed by atoms with Crippen LogP contribution in [0.1, 0.15) is 56.2 Å². The number of halogens is 1. The van der Waals surface area contributed by atoms with Crippen LogP contribution < -0.4 is 4.72 Å². The molecule has 0 aliphatic carbocycles. The Bertz CT molecular complexity index is 864. The van der Waals surface area contributed by atoms with Crippen molar-refractivity contribution < 1.29 is 18.3 Å². The van der Waals surface area contributed by atoms with E-state index in [1.807, 2.05) is 24.3 Å². The van der Waals surface area contributed by atoms with Crippen LogP contribution in [-0.2, 0) is 21.2 Å². The van der Waals surface area contributed by atoms with Gasteiger partial charge in [0.15, 0.2) is 0 Å². The van der Waals surface area contributed by atoms with E-state index in [0.29, 0.717) is 19.3 Å². The largest absolute Gasteiger partial charge is 0.481 e. The highest BCUT2D eigenvalue weighted by Gasteiger charge is 2.21. The average Bonchev–Trinajstić information content (AvgIpc) is 2.66. The molecule has 0 fully saturated rings. The molecule has 2 aromatic carbocycles. The van der Waals surface area contributed by atoms with E-state index >= 15 is 0 Å². The topological polar surface area (TPSA) is 83.5 Å². The van der Waals surface area contributed by atoms with E-state index in [-0.39, 0.29) is 17.4 Å². The standard InChI is InChI=1S/C21H26BrNO4S/c1-2-3-6-20(23-28(26,27)19-14-12-18(22)13-15-19)17-10-8-16(9-11-17)5-4-7-21(24)25/h8-15,20,23H,2-7H2,1H3,(H,24,25). The van der Waals surface area contributed by atoms with Gasteiger partial charge in [-0.2, -0.15) is 0 Å². The van der Waals surface area contributed by atoms with Crippen LogP contribution in [0.2, 0.25) is 0 Å². The summed E-state index contributed by atoms with van der Waals surface area (Å²) >= 11 is 3.32. The molecule has 28 heavy (non-hydrogen) atoms. The molecule has 1 atom stereocenters. The molecule has 0 saturated heterocycles. The summed E-state index contributed by atoms with van der Waals surface area (Å²) in [4.78, 5) is 10.9. The fourth-order valence-electron chi connectivity index (χ4n) is 2.93. The van der Waals surface area contributed by atoms with Crippen LogP contribution >= 0.6 is 15.9 Å². The Kier molecular flexibility index (Phi) is 8.66. The highest BCUT2D eigenvalue weighted by Crippen LogP contribution is 2.24. The zero-order valence-corrected chi connectivity index (χ0v) is 18.3. The molecule has 0 aromatic heterocycles. The molecule has 5 nitrogen and oxygen atoms in total. The number of unbranched alkanes of at least 4 members (excludes halogenated alkanes) is 1. The normalized spacial score (nSPS) is 12.6. The van der Waals surface area contributed by atoms with E-state index in [4.69, 9.17) is 5.11 Å². The molecule has 152 valence electrons. The molecule has 7 heteroatoms. The van der Waals surface area contributed by atoms with E-state index in [1.165, 1.54) is 0 Å². The lowest BCUT2D eigenvalue weighted by molar-refractivity contribution is -0.137. The molecule has 0 heterocycles. The predicted octanol–water partition coefficient (Wildman–Crippen LogP) is 5.07. The first-order chi connectivity index (χ1) is 13.3. The fourth-order valence-corrected chi connectivity index (χ4v) is 4.45. The van der Waals surface area contributed by atoms with Crippen molar-refractivity contribution in [2.75, 3.05) is 0 Å². The summed E-state index contributed by atoms with van der Waals surface area (Å²) in [7, 11) is -3.62. The number of nitrogens with one attached hydrogen (secondary N) is 1. The quantitative estimate of drug-likeness (QED) is 0.483. The van der Waals surface area contributed by atoms with Crippen LogP contribution in [0.15, 0.2) is 57.9 Å². The summed E-state index contributed by atoms with van der Waals surface area (Å²) < 4.78 is 29.2. The number of aliphatic carboxylic acids is 1. The molecule has 0 spiro atoms. The predicted molar refractivity (Wildman–Crippen MR) is 114 cm³/mol. The van der Waals surface area contributed by atoms with Crippen molar-refractivity contribution in [1.29, 1.82) is 0 Å². The highest BCUT2D eigenvalue weighted by atomic mass is 79.9. The fraction of sp³-hybridized carbons (Fsp3) is 0.381. The van der Waals surface area contributed by atoms with E-state index in [0.717, 1.165) is 28.4 Å². The zero-order valence-electron chi connectivity index (χ0n) is 15.9. The zero-order chi connectivity index (χ0) is 20.6. The number of carboxylic acids is 1. The van der Waals surface area contributed by atoms with Crippen molar-refractivity contribution in [3.63, 3.8) is 0 Å². The minimum absolute atomic E-state index is 0.147. The summed E-state index contributed by atoms with van der Waals surface area (Å²) in [6, 6.07) is 14.0. The van der Waals surface area contributed by atoms with Crippen molar-refractivity contribution in [3.05, 3.63) is 64.1 Å². The molecule has 0 aliphatic heterocycles. The molecule has 2 N–H and O–H groups in total. The second kappa shape index (κ2) is 10.7. The number of rotatable bonds is 11. The summed E-state index contributed by atoms with van der Waals surface area (Å²) in [5.41, 5.74) is 1.96. The maximum Gasteiger partial charge on any atom is 0.303 e. The third kappa shape index (κ3) is 7.04. The van der Waals surface area contributed by atoms with Gasteiger partial charge in [-0.05, 0) is 54.7 Å². The van der Waals surface area contributed by atoms with Gasteiger partial charge in [-0.3, -0.25) is 4.79 Å². The second-order valence-electron chi connectivity index (χ2n) is 6.76. The lowest BCUT2D eigenvalue weighted by Gasteiger charge is -2.19. The SMILES string of the molecule is CCCCC(NS(=O)(=O)c1ccc(Br)cc1)c1ccc(CCCC(=O)O)cc1. The van der Waals surface area contributed by atoms with Gasteiger partial charge in [-0.15, -0.1) is 0 Å². The van der Waals surface area contributed by atoms with E-state index in [2.05, 4.69) is 27.6 Å². The van der Waals surface area contributed by atoms with E-state index < -0.39 is 16.0 Å². The molecule has 1 unspecified atom stereocenters. The number of benzene rings is 2. The Morgan fingerprint density at radius 2 is 1.71 bits per heavy atom. The average molecular weight is 468 g/mol. The molecule has 0 bridgehead atoms. The summed E-state index contributed by atoms with van der Waals surface area (Å²) in [6.45, 7) is 2.08. The Morgan fingerprint density at radius 1 is 1.07 bits per heavy atom. The Labute approximate surface area is 175 Å². The van der Waals surface area contributed by atoms with Gasteiger partial charge in [-0.1, -0.05) is 60.0 Å². The van der Waals surface area contributed by atoms with Crippen LogP contribution in [0, 0.1) is 0 Å². The van der Waals surface area contributed by atoms with Gasteiger partial charge >= 0.3 is 5.97 Å². The number of hydrogen-bond acceptors (Lipinski definition) is 3. The molecule has 0 aliphatic rings. The van der Waals surface area contributed by atoms with Gasteiger partial charge in [0, 0.05) is 16.9 Å². The number of aryl methyl sites for hydroxylation is 1. The summed E-state index contributed by atoms with van der Waals surface area (Å²) in [5, 5.41) is 8.74. The Balaban J connectivity index is 2.14. The Hall–Kier alpha value is -1.70. The molecule has 0 amide bonds. The van der Waals surface area contributed by atoms with Crippen LogP contribution in [0.3, 0.4) is 0 Å². The monoisotopic (exact) mass is 467 g/mol. The van der Waals surface area contributed by atoms with Crippen LogP contribution in [0.25, 0.3) is 0 Å². The van der Waals surface area contributed by atoms with Crippen molar-refractivity contribution >= 4 is 31.9 Å². The molecule has 2 rings (SSSR count). The molecule has 0 radical (unpaired) electrons. The molecule has 2 aromatic rings. The van der Waals surface area contributed by atoms with Crippen LogP contribution in [0.4, 0.5) is 0 Å². The maximum absolute atomic E-state index is 12.8. The van der Waals surface area contributed by atoms with Gasteiger partial charge in [0.2, 0.25) is 10.0 Å². The smallest absolute Gasteiger partial charge is 0.303 e. The maximum atomic E-state index is 12.8. The molecule has 0 saturated carbocycles. The number of carboxylic acid groups (broad SMARTS) is 1. The lowest BCUT2D eigenvalue weighted by atomic mass is 9.99. The van der Waals surface area contributed by atoms with Crippen molar-refractivity contribution in [3.8, 4) is 0 Å². The molecular formula is C21H26BrNO4S.